The first kappa shape index (κ1) is 11.8. The molecular formula is C13H18N2O2. The van der Waals surface area contributed by atoms with Gasteiger partial charge < -0.3 is 15.0 Å². The van der Waals surface area contributed by atoms with Crippen LogP contribution in [0.3, 0.4) is 0 Å². The Morgan fingerprint density at radius 3 is 2.65 bits per heavy atom. The largest absolute Gasteiger partial charge is 0.494 e. The molecule has 17 heavy (non-hydrogen) atoms. The smallest absolute Gasteiger partial charge is 0.244 e. The number of carbonyl (C=O) groups excluding carboxylic acids is 1. The number of ether oxygens (including phenoxy) is 1. The van der Waals surface area contributed by atoms with E-state index in [9.17, 15) is 4.79 Å². The average Bonchev–Trinajstić information content (AvgIpc) is 2.64. The van der Waals surface area contributed by atoms with E-state index < -0.39 is 0 Å². The fourth-order valence-corrected chi connectivity index (χ4v) is 1.97. The maximum Gasteiger partial charge on any atom is 0.244 e. The summed E-state index contributed by atoms with van der Waals surface area (Å²) < 4.78 is 5.37. The summed E-state index contributed by atoms with van der Waals surface area (Å²) in [5.74, 6) is 1.02. The van der Waals surface area contributed by atoms with E-state index in [1.807, 2.05) is 38.2 Å². The molecule has 0 spiro atoms. The lowest BCUT2D eigenvalue weighted by molar-refractivity contribution is -0.127. The molecule has 92 valence electrons. The lowest BCUT2D eigenvalue weighted by Crippen LogP contribution is -2.30. The molecule has 0 saturated carbocycles. The standard InChI is InChI=1S/C13H18N2O2/c1-3-17-11-6-4-10(5-7-11)14-12-8-9-15(2)13(12)16/h4-7,12,14H,3,8-9H2,1-2H3. The summed E-state index contributed by atoms with van der Waals surface area (Å²) in [4.78, 5) is 13.5. The van der Waals surface area contributed by atoms with E-state index in [0.717, 1.165) is 24.4 Å². The van der Waals surface area contributed by atoms with Crippen molar-refractivity contribution >= 4 is 11.6 Å². The SMILES string of the molecule is CCOc1ccc(NC2CCN(C)C2=O)cc1. The summed E-state index contributed by atoms with van der Waals surface area (Å²) in [5, 5.41) is 3.24. The van der Waals surface area contributed by atoms with Gasteiger partial charge in [-0.15, -0.1) is 0 Å². The maximum absolute atomic E-state index is 11.7. The molecule has 1 aromatic carbocycles. The third-order valence-electron chi connectivity index (χ3n) is 2.93. The molecule has 2 rings (SSSR count). The molecule has 1 aliphatic rings. The molecule has 1 heterocycles. The first-order valence-corrected chi connectivity index (χ1v) is 5.95. The van der Waals surface area contributed by atoms with Crippen molar-refractivity contribution in [3.8, 4) is 5.75 Å². The minimum Gasteiger partial charge on any atom is -0.494 e. The first-order chi connectivity index (χ1) is 8.20. The zero-order valence-electron chi connectivity index (χ0n) is 10.3. The molecule has 0 radical (unpaired) electrons. The molecule has 1 N–H and O–H groups in total. The summed E-state index contributed by atoms with van der Waals surface area (Å²) in [5.41, 5.74) is 0.960. The highest BCUT2D eigenvalue weighted by Gasteiger charge is 2.28. The second-order valence-corrected chi connectivity index (χ2v) is 4.20. The summed E-state index contributed by atoms with van der Waals surface area (Å²) in [6.07, 6.45) is 0.864. The number of carbonyl (C=O) groups is 1. The van der Waals surface area contributed by atoms with Crippen molar-refractivity contribution < 1.29 is 9.53 Å². The molecule has 1 unspecified atom stereocenters. The molecule has 4 heteroatoms. The van der Waals surface area contributed by atoms with Crippen LogP contribution in [-0.2, 0) is 4.79 Å². The highest BCUT2D eigenvalue weighted by atomic mass is 16.5. The van der Waals surface area contributed by atoms with Gasteiger partial charge in [0, 0.05) is 19.3 Å². The lowest BCUT2D eigenvalue weighted by atomic mass is 10.2. The van der Waals surface area contributed by atoms with Crippen LogP contribution in [0.2, 0.25) is 0 Å². The zero-order chi connectivity index (χ0) is 12.3. The van der Waals surface area contributed by atoms with Crippen LogP contribution in [0.4, 0.5) is 5.69 Å². The Morgan fingerprint density at radius 1 is 1.41 bits per heavy atom. The van der Waals surface area contributed by atoms with E-state index in [4.69, 9.17) is 4.74 Å². The number of nitrogens with zero attached hydrogens (tertiary/aromatic N) is 1. The summed E-state index contributed by atoms with van der Waals surface area (Å²) in [6.45, 7) is 3.45. The van der Waals surface area contributed by atoms with Gasteiger partial charge in [0.1, 0.15) is 11.8 Å². The van der Waals surface area contributed by atoms with Gasteiger partial charge in [0.15, 0.2) is 0 Å². The third-order valence-corrected chi connectivity index (χ3v) is 2.93. The Morgan fingerprint density at radius 2 is 2.12 bits per heavy atom. The number of anilines is 1. The van der Waals surface area contributed by atoms with Crippen LogP contribution < -0.4 is 10.1 Å². The molecule has 1 amide bonds. The molecule has 0 aliphatic carbocycles. The van der Waals surface area contributed by atoms with Gasteiger partial charge >= 0.3 is 0 Å². The van der Waals surface area contributed by atoms with Crippen LogP contribution in [0.25, 0.3) is 0 Å². The topological polar surface area (TPSA) is 41.6 Å². The van der Waals surface area contributed by atoms with Gasteiger partial charge in [-0.05, 0) is 37.6 Å². The van der Waals surface area contributed by atoms with Gasteiger partial charge in [0.05, 0.1) is 6.61 Å². The highest BCUT2D eigenvalue weighted by molar-refractivity contribution is 5.86. The molecule has 1 fully saturated rings. The normalized spacial score (nSPS) is 19.5. The van der Waals surface area contributed by atoms with Crippen LogP contribution in [0.5, 0.6) is 5.75 Å². The highest BCUT2D eigenvalue weighted by Crippen LogP contribution is 2.19. The van der Waals surface area contributed by atoms with Crippen molar-refractivity contribution in [3.05, 3.63) is 24.3 Å². The fraction of sp³-hybridized carbons (Fsp3) is 0.462. The number of rotatable bonds is 4. The van der Waals surface area contributed by atoms with Crippen LogP contribution in [0.15, 0.2) is 24.3 Å². The van der Waals surface area contributed by atoms with Gasteiger partial charge in [0.25, 0.3) is 0 Å². The second kappa shape index (κ2) is 5.08. The van der Waals surface area contributed by atoms with Gasteiger partial charge in [-0.2, -0.15) is 0 Å². The first-order valence-electron chi connectivity index (χ1n) is 5.95. The molecule has 1 aromatic rings. The molecule has 0 bridgehead atoms. The second-order valence-electron chi connectivity index (χ2n) is 4.20. The Kier molecular flexibility index (Phi) is 3.52. The van der Waals surface area contributed by atoms with Crippen molar-refractivity contribution in [1.82, 2.24) is 4.90 Å². The average molecular weight is 234 g/mol. The maximum atomic E-state index is 11.7. The van der Waals surface area contributed by atoms with E-state index in [1.54, 1.807) is 4.90 Å². The van der Waals surface area contributed by atoms with Gasteiger partial charge in [-0.1, -0.05) is 0 Å². The number of hydrogen-bond donors (Lipinski definition) is 1. The van der Waals surface area contributed by atoms with Crippen LogP contribution in [0, 0.1) is 0 Å². The predicted molar refractivity (Wildman–Crippen MR) is 67.3 cm³/mol. The third kappa shape index (κ3) is 2.70. The number of nitrogens with one attached hydrogen (secondary N) is 1. The van der Waals surface area contributed by atoms with Gasteiger partial charge in [0.2, 0.25) is 5.91 Å². The Labute approximate surface area is 102 Å². The molecular weight excluding hydrogens is 216 g/mol. The monoisotopic (exact) mass is 234 g/mol. The number of benzene rings is 1. The van der Waals surface area contributed by atoms with Crippen molar-refractivity contribution in [2.24, 2.45) is 0 Å². The van der Waals surface area contributed by atoms with E-state index in [2.05, 4.69) is 5.32 Å². The van der Waals surface area contributed by atoms with E-state index in [1.165, 1.54) is 0 Å². The minimum absolute atomic E-state index is 0.0852. The van der Waals surface area contributed by atoms with E-state index in [-0.39, 0.29) is 11.9 Å². The lowest BCUT2D eigenvalue weighted by Gasteiger charge is -2.13. The summed E-state index contributed by atoms with van der Waals surface area (Å²) in [6, 6.07) is 7.62. The minimum atomic E-state index is -0.0852. The van der Waals surface area contributed by atoms with Gasteiger partial charge in [-0.25, -0.2) is 0 Å². The molecule has 1 saturated heterocycles. The predicted octanol–water partition coefficient (Wildman–Crippen LogP) is 1.73. The molecule has 4 nitrogen and oxygen atoms in total. The number of likely N-dealkylation sites (tertiary alicyclic amines) is 1. The number of likely N-dealkylation sites (N-methyl/N-ethyl adjacent to an activating group) is 1. The van der Waals surface area contributed by atoms with Crippen molar-refractivity contribution in [3.63, 3.8) is 0 Å². The van der Waals surface area contributed by atoms with E-state index >= 15 is 0 Å². The summed E-state index contributed by atoms with van der Waals surface area (Å²) in [7, 11) is 1.84. The quantitative estimate of drug-likeness (QED) is 0.862. The number of hydrogen-bond acceptors (Lipinski definition) is 3. The van der Waals surface area contributed by atoms with E-state index in [0.29, 0.717) is 6.61 Å². The van der Waals surface area contributed by atoms with Crippen LogP contribution in [-0.4, -0.2) is 37.0 Å². The summed E-state index contributed by atoms with van der Waals surface area (Å²) >= 11 is 0. The van der Waals surface area contributed by atoms with Crippen LogP contribution >= 0.6 is 0 Å². The molecule has 1 aliphatic heterocycles. The number of amides is 1. The molecule has 0 aromatic heterocycles. The fourth-order valence-electron chi connectivity index (χ4n) is 1.97. The van der Waals surface area contributed by atoms with Gasteiger partial charge in [-0.3, -0.25) is 4.79 Å². The van der Waals surface area contributed by atoms with Crippen LogP contribution in [0.1, 0.15) is 13.3 Å². The zero-order valence-corrected chi connectivity index (χ0v) is 10.3. The molecule has 1 atom stereocenters. The Balaban J connectivity index is 1.97. The van der Waals surface area contributed by atoms with Crippen molar-refractivity contribution in [1.29, 1.82) is 0 Å². The Bertz CT molecular complexity index is 389. The van der Waals surface area contributed by atoms with Crippen molar-refractivity contribution in [2.45, 2.75) is 19.4 Å². The van der Waals surface area contributed by atoms with Crippen molar-refractivity contribution in [2.75, 3.05) is 25.5 Å². The Hall–Kier alpha value is -1.71.